The van der Waals surface area contributed by atoms with Crippen LogP contribution in [0.1, 0.15) is 29.0 Å². The standard InChI is InChI=1S/C14H15BrClNS/c1-3-17-14(11-7-8-12(15)18-11)10-6-4-5-9(2)13(10)16/h4-8,14,17H,3H2,1-2H3. The summed E-state index contributed by atoms with van der Waals surface area (Å²) < 4.78 is 1.14. The molecule has 0 bridgehead atoms. The Labute approximate surface area is 125 Å². The summed E-state index contributed by atoms with van der Waals surface area (Å²) in [6.45, 7) is 5.06. The maximum absolute atomic E-state index is 6.43. The van der Waals surface area contributed by atoms with Crippen molar-refractivity contribution in [3.05, 3.63) is 55.1 Å². The minimum Gasteiger partial charge on any atom is -0.306 e. The smallest absolute Gasteiger partial charge is 0.0702 e. The van der Waals surface area contributed by atoms with E-state index in [1.54, 1.807) is 11.3 Å². The molecule has 1 unspecified atom stereocenters. The Kier molecular flexibility index (Phi) is 4.84. The van der Waals surface area contributed by atoms with E-state index in [0.717, 1.165) is 26.5 Å². The van der Waals surface area contributed by atoms with Crippen LogP contribution in [0, 0.1) is 6.92 Å². The van der Waals surface area contributed by atoms with Crippen molar-refractivity contribution in [3.63, 3.8) is 0 Å². The lowest BCUT2D eigenvalue weighted by Crippen LogP contribution is -2.21. The average Bonchev–Trinajstić information content (AvgIpc) is 2.77. The minimum atomic E-state index is 0.165. The van der Waals surface area contributed by atoms with Gasteiger partial charge in [0.05, 0.1) is 9.83 Å². The second-order valence-corrected chi connectivity index (χ2v) is 6.98. The molecule has 0 aliphatic rings. The number of halogens is 2. The highest BCUT2D eigenvalue weighted by molar-refractivity contribution is 9.11. The first kappa shape index (κ1) is 14.1. The quantitative estimate of drug-likeness (QED) is 0.806. The van der Waals surface area contributed by atoms with E-state index in [4.69, 9.17) is 11.6 Å². The van der Waals surface area contributed by atoms with Gasteiger partial charge in [-0.1, -0.05) is 36.7 Å². The molecule has 96 valence electrons. The van der Waals surface area contributed by atoms with E-state index >= 15 is 0 Å². The molecule has 1 aromatic carbocycles. The van der Waals surface area contributed by atoms with Crippen LogP contribution in [0.5, 0.6) is 0 Å². The molecule has 1 atom stereocenters. The number of thiophene rings is 1. The zero-order chi connectivity index (χ0) is 13.1. The van der Waals surface area contributed by atoms with E-state index < -0.39 is 0 Å². The summed E-state index contributed by atoms with van der Waals surface area (Å²) in [6.07, 6.45) is 0. The normalized spacial score (nSPS) is 12.7. The molecule has 1 aromatic heterocycles. The van der Waals surface area contributed by atoms with Crippen LogP contribution in [0.15, 0.2) is 34.1 Å². The Bertz CT molecular complexity index is 538. The Morgan fingerprint density at radius 3 is 2.72 bits per heavy atom. The number of nitrogens with one attached hydrogen (secondary N) is 1. The van der Waals surface area contributed by atoms with E-state index in [1.165, 1.54) is 4.88 Å². The van der Waals surface area contributed by atoms with Gasteiger partial charge in [0.25, 0.3) is 0 Å². The molecule has 0 saturated carbocycles. The Morgan fingerprint density at radius 1 is 1.33 bits per heavy atom. The Morgan fingerprint density at radius 2 is 2.11 bits per heavy atom. The lowest BCUT2D eigenvalue weighted by atomic mass is 10.0. The van der Waals surface area contributed by atoms with E-state index in [1.807, 2.05) is 13.0 Å². The first-order valence-electron chi connectivity index (χ1n) is 5.87. The number of aryl methyl sites for hydroxylation is 1. The summed E-state index contributed by atoms with van der Waals surface area (Å²) >= 11 is 11.7. The molecule has 0 radical (unpaired) electrons. The predicted molar refractivity (Wildman–Crippen MR) is 83.7 cm³/mol. The van der Waals surface area contributed by atoms with Gasteiger partial charge in [-0.25, -0.2) is 0 Å². The number of rotatable bonds is 4. The van der Waals surface area contributed by atoms with Gasteiger partial charge in [-0.05, 0) is 52.7 Å². The molecular formula is C14H15BrClNS. The van der Waals surface area contributed by atoms with Crippen LogP contribution in [-0.2, 0) is 0 Å². The summed E-state index contributed by atoms with van der Waals surface area (Å²) in [6, 6.07) is 10.6. The molecule has 18 heavy (non-hydrogen) atoms. The van der Waals surface area contributed by atoms with E-state index in [9.17, 15) is 0 Å². The summed E-state index contributed by atoms with van der Waals surface area (Å²) in [4.78, 5) is 1.27. The third-order valence-electron chi connectivity index (χ3n) is 2.82. The monoisotopic (exact) mass is 343 g/mol. The number of hydrogen-bond acceptors (Lipinski definition) is 2. The molecular weight excluding hydrogens is 330 g/mol. The highest BCUT2D eigenvalue weighted by Gasteiger charge is 2.18. The summed E-state index contributed by atoms with van der Waals surface area (Å²) in [5, 5.41) is 4.36. The van der Waals surface area contributed by atoms with Gasteiger partial charge < -0.3 is 5.32 Å². The highest BCUT2D eigenvalue weighted by atomic mass is 79.9. The SMILES string of the molecule is CCNC(c1ccc(Br)s1)c1cccc(C)c1Cl. The van der Waals surface area contributed by atoms with Gasteiger partial charge >= 0.3 is 0 Å². The summed E-state index contributed by atoms with van der Waals surface area (Å²) in [5.41, 5.74) is 2.26. The molecule has 1 N–H and O–H groups in total. The lowest BCUT2D eigenvalue weighted by Gasteiger charge is -2.19. The van der Waals surface area contributed by atoms with Crippen LogP contribution in [-0.4, -0.2) is 6.54 Å². The van der Waals surface area contributed by atoms with Crippen LogP contribution >= 0.6 is 38.9 Å². The molecule has 0 amide bonds. The average molecular weight is 345 g/mol. The predicted octanol–water partition coefficient (Wildman–Crippen LogP) is 5.17. The van der Waals surface area contributed by atoms with E-state index in [2.05, 4.69) is 52.4 Å². The van der Waals surface area contributed by atoms with Crippen molar-refractivity contribution >= 4 is 38.9 Å². The zero-order valence-corrected chi connectivity index (χ0v) is 13.5. The molecule has 0 saturated heterocycles. The topological polar surface area (TPSA) is 12.0 Å². The van der Waals surface area contributed by atoms with Crippen molar-refractivity contribution in [2.75, 3.05) is 6.54 Å². The molecule has 2 aromatic rings. The fraction of sp³-hybridized carbons (Fsp3) is 0.286. The molecule has 0 aliphatic heterocycles. The van der Waals surface area contributed by atoms with Crippen molar-refractivity contribution in [1.82, 2.24) is 5.32 Å². The van der Waals surface area contributed by atoms with Gasteiger partial charge in [0, 0.05) is 9.90 Å². The third-order valence-corrected chi connectivity index (χ3v) is 5.02. The summed E-state index contributed by atoms with van der Waals surface area (Å²) in [5.74, 6) is 0. The summed E-state index contributed by atoms with van der Waals surface area (Å²) in [7, 11) is 0. The molecule has 0 aliphatic carbocycles. The largest absolute Gasteiger partial charge is 0.306 e. The van der Waals surface area contributed by atoms with Gasteiger partial charge in [-0.3, -0.25) is 0 Å². The molecule has 1 heterocycles. The number of benzene rings is 1. The van der Waals surface area contributed by atoms with Gasteiger partial charge in [0.1, 0.15) is 0 Å². The maximum Gasteiger partial charge on any atom is 0.0702 e. The number of hydrogen-bond donors (Lipinski definition) is 1. The van der Waals surface area contributed by atoms with Gasteiger partial charge in [0.2, 0.25) is 0 Å². The van der Waals surface area contributed by atoms with E-state index in [-0.39, 0.29) is 6.04 Å². The van der Waals surface area contributed by atoms with Crippen molar-refractivity contribution in [2.45, 2.75) is 19.9 Å². The van der Waals surface area contributed by atoms with Crippen LogP contribution in [0.3, 0.4) is 0 Å². The fourth-order valence-corrected chi connectivity index (χ4v) is 3.70. The van der Waals surface area contributed by atoms with Crippen molar-refractivity contribution in [3.8, 4) is 0 Å². The zero-order valence-electron chi connectivity index (χ0n) is 10.3. The van der Waals surface area contributed by atoms with Crippen LogP contribution in [0.2, 0.25) is 5.02 Å². The van der Waals surface area contributed by atoms with Crippen LogP contribution in [0.25, 0.3) is 0 Å². The van der Waals surface area contributed by atoms with E-state index in [0.29, 0.717) is 0 Å². The van der Waals surface area contributed by atoms with Crippen LogP contribution < -0.4 is 5.32 Å². The first-order chi connectivity index (χ1) is 8.63. The fourth-order valence-electron chi connectivity index (χ4n) is 1.94. The second-order valence-electron chi connectivity index (χ2n) is 4.11. The van der Waals surface area contributed by atoms with Gasteiger partial charge in [0.15, 0.2) is 0 Å². The highest BCUT2D eigenvalue weighted by Crippen LogP contribution is 2.35. The molecule has 0 fully saturated rings. The minimum absolute atomic E-state index is 0.165. The van der Waals surface area contributed by atoms with Crippen LogP contribution in [0.4, 0.5) is 0 Å². The van der Waals surface area contributed by atoms with Crippen molar-refractivity contribution in [2.24, 2.45) is 0 Å². The molecule has 1 nitrogen and oxygen atoms in total. The molecule has 2 rings (SSSR count). The molecule has 4 heteroatoms. The first-order valence-corrected chi connectivity index (χ1v) is 7.86. The Balaban J connectivity index is 2.44. The third kappa shape index (κ3) is 2.97. The van der Waals surface area contributed by atoms with Crippen molar-refractivity contribution < 1.29 is 0 Å². The second kappa shape index (κ2) is 6.20. The molecule has 0 spiro atoms. The van der Waals surface area contributed by atoms with Gasteiger partial charge in [-0.15, -0.1) is 11.3 Å². The maximum atomic E-state index is 6.43. The lowest BCUT2D eigenvalue weighted by molar-refractivity contribution is 0.639. The van der Waals surface area contributed by atoms with Gasteiger partial charge in [-0.2, -0.15) is 0 Å². The Hall–Kier alpha value is -0.350. The van der Waals surface area contributed by atoms with Crippen molar-refractivity contribution in [1.29, 1.82) is 0 Å².